The number of carbonyl (C=O) groups is 3. The molecule has 194 valence electrons. The highest BCUT2D eigenvalue weighted by Gasteiger charge is 2.10. The zero-order valence-corrected chi connectivity index (χ0v) is 21.0. The molecule has 0 aliphatic heterocycles. The highest BCUT2D eigenvalue weighted by atomic mass is 16.5. The summed E-state index contributed by atoms with van der Waals surface area (Å²) in [7, 11) is 1.58. The van der Waals surface area contributed by atoms with Crippen molar-refractivity contribution < 1.29 is 19.1 Å². The number of H-pyrrole nitrogens is 1. The maximum absolute atomic E-state index is 12.4. The van der Waals surface area contributed by atoms with Gasteiger partial charge in [-0.1, -0.05) is 30.3 Å². The number of hydrazone groups is 1. The number of hydrogen-bond acceptors (Lipinski definition) is 5. The number of carbonyl (C=O) groups excluding carboxylic acids is 3. The summed E-state index contributed by atoms with van der Waals surface area (Å²) in [5.41, 5.74) is 6.21. The van der Waals surface area contributed by atoms with Crippen LogP contribution in [0.15, 0.2) is 84.1 Å². The predicted octanol–water partition coefficient (Wildman–Crippen LogP) is 3.42. The lowest BCUT2D eigenvalue weighted by Crippen LogP contribution is -2.31. The van der Waals surface area contributed by atoms with Crippen LogP contribution in [0.25, 0.3) is 10.9 Å². The number of nitrogens with one attached hydrogen (secondary N) is 4. The maximum Gasteiger partial charge on any atom is 0.271 e. The van der Waals surface area contributed by atoms with E-state index in [4.69, 9.17) is 4.74 Å². The van der Waals surface area contributed by atoms with E-state index in [0.29, 0.717) is 29.8 Å². The fourth-order valence-electron chi connectivity index (χ4n) is 3.88. The van der Waals surface area contributed by atoms with Crippen LogP contribution in [0.2, 0.25) is 0 Å². The van der Waals surface area contributed by atoms with Crippen LogP contribution in [0.1, 0.15) is 38.3 Å². The first-order valence-corrected chi connectivity index (χ1v) is 12.2. The summed E-state index contributed by atoms with van der Waals surface area (Å²) in [6.45, 7) is 0.723. The van der Waals surface area contributed by atoms with Crippen molar-refractivity contribution in [1.82, 2.24) is 21.0 Å². The van der Waals surface area contributed by atoms with Crippen molar-refractivity contribution >= 4 is 34.8 Å². The second kappa shape index (κ2) is 12.9. The number of methoxy groups -OCH3 is 1. The molecule has 3 aromatic carbocycles. The third-order valence-corrected chi connectivity index (χ3v) is 5.91. The van der Waals surface area contributed by atoms with E-state index in [9.17, 15) is 14.4 Å². The SMILES string of the molecule is COc1cccc(/C=N/NC(=O)c2ccc(C(=O)NCCC(=O)NCCc3c[nH]c4ccccc34)cc2)c1. The first-order chi connectivity index (χ1) is 18.5. The fraction of sp³-hybridized carbons (Fsp3) is 0.172. The van der Waals surface area contributed by atoms with Crippen molar-refractivity contribution in [1.29, 1.82) is 0 Å². The average Bonchev–Trinajstić information content (AvgIpc) is 3.36. The Balaban J connectivity index is 1.16. The van der Waals surface area contributed by atoms with Crippen molar-refractivity contribution in [2.75, 3.05) is 20.2 Å². The number of hydrogen-bond donors (Lipinski definition) is 4. The number of rotatable bonds is 11. The Morgan fingerprint density at radius 3 is 2.45 bits per heavy atom. The number of para-hydroxylation sites is 1. The number of ether oxygens (including phenoxy) is 1. The Hall–Kier alpha value is -4.92. The number of aromatic nitrogens is 1. The zero-order chi connectivity index (χ0) is 26.7. The van der Waals surface area contributed by atoms with Crippen LogP contribution in [-0.2, 0) is 11.2 Å². The minimum Gasteiger partial charge on any atom is -0.497 e. The smallest absolute Gasteiger partial charge is 0.271 e. The van der Waals surface area contributed by atoms with Crippen molar-refractivity contribution in [2.24, 2.45) is 5.10 Å². The Morgan fingerprint density at radius 2 is 1.66 bits per heavy atom. The van der Waals surface area contributed by atoms with Crippen LogP contribution in [0.3, 0.4) is 0 Å². The third-order valence-electron chi connectivity index (χ3n) is 5.91. The molecule has 4 N–H and O–H groups in total. The first kappa shape index (κ1) is 26.2. The van der Waals surface area contributed by atoms with Crippen LogP contribution in [-0.4, -0.2) is 49.1 Å². The van der Waals surface area contributed by atoms with Gasteiger partial charge in [-0.25, -0.2) is 5.43 Å². The zero-order valence-electron chi connectivity index (χ0n) is 21.0. The van der Waals surface area contributed by atoms with Crippen LogP contribution >= 0.6 is 0 Å². The topological polar surface area (TPSA) is 125 Å². The minimum absolute atomic E-state index is 0.133. The molecule has 0 unspecified atom stereocenters. The summed E-state index contributed by atoms with van der Waals surface area (Å²) in [5.74, 6) is -0.164. The van der Waals surface area contributed by atoms with E-state index in [1.54, 1.807) is 37.4 Å². The van der Waals surface area contributed by atoms with E-state index in [1.807, 2.05) is 42.6 Å². The minimum atomic E-state index is -0.402. The lowest BCUT2D eigenvalue weighted by Gasteiger charge is -2.07. The van der Waals surface area contributed by atoms with E-state index >= 15 is 0 Å². The molecule has 3 amide bonds. The Bertz CT molecular complexity index is 1440. The van der Waals surface area contributed by atoms with Crippen LogP contribution in [0, 0.1) is 0 Å². The van der Waals surface area contributed by atoms with Crippen molar-refractivity contribution in [3.05, 3.63) is 101 Å². The lowest BCUT2D eigenvalue weighted by molar-refractivity contribution is -0.120. The third kappa shape index (κ3) is 7.07. The fourth-order valence-corrected chi connectivity index (χ4v) is 3.88. The molecule has 0 aliphatic rings. The van der Waals surface area contributed by atoms with E-state index in [-0.39, 0.29) is 24.8 Å². The summed E-state index contributed by atoms with van der Waals surface area (Å²) < 4.78 is 5.16. The van der Waals surface area contributed by atoms with Crippen LogP contribution in [0.4, 0.5) is 0 Å². The molecule has 1 aromatic heterocycles. The second-order valence-corrected chi connectivity index (χ2v) is 8.52. The Morgan fingerprint density at radius 1 is 0.895 bits per heavy atom. The van der Waals surface area contributed by atoms with Gasteiger partial charge in [0.1, 0.15) is 5.75 Å². The van der Waals surface area contributed by atoms with Crippen molar-refractivity contribution in [3.63, 3.8) is 0 Å². The molecule has 0 saturated heterocycles. The normalized spacial score (nSPS) is 10.9. The first-order valence-electron chi connectivity index (χ1n) is 12.2. The molecule has 0 saturated carbocycles. The molecule has 9 nitrogen and oxygen atoms in total. The number of aromatic amines is 1. The van der Waals surface area contributed by atoms with Crippen LogP contribution < -0.4 is 20.8 Å². The summed E-state index contributed by atoms with van der Waals surface area (Å²) in [6.07, 6.45) is 4.36. The van der Waals surface area contributed by atoms with Gasteiger partial charge in [-0.3, -0.25) is 14.4 Å². The van der Waals surface area contributed by atoms with Gasteiger partial charge < -0.3 is 20.4 Å². The van der Waals surface area contributed by atoms with E-state index in [2.05, 4.69) is 32.2 Å². The lowest BCUT2D eigenvalue weighted by atomic mass is 10.1. The quantitative estimate of drug-likeness (QED) is 0.182. The molecular formula is C29H29N5O4. The molecule has 0 atom stereocenters. The van der Waals surface area contributed by atoms with Gasteiger partial charge >= 0.3 is 0 Å². The summed E-state index contributed by atoms with van der Waals surface area (Å²) >= 11 is 0. The van der Waals surface area contributed by atoms with Gasteiger partial charge in [0.05, 0.1) is 13.3 Å². The molecule has 1 heterocycles. The molecule has 4 aromatic rings. The molecule has 0 fully saturated rings. The van der Waals surface area contributed by atoms with Crippen molar-refractivity contribution in [2.45, 2.75) is 12.8 Å². The molecule has 0 spiro atoms. The van der Waals surface area contributed by atoms with Gasteiger partial charge in [0.25, 0.3) is 11.8 Å². The standard InChI is InChI=1S/C29H29N5O4/c1-38-24-6-4-5-20(17-24)18-33-34-29(37)22-11-9-21(10-12-22)28(36)31-16-14-27(35)30-15-13-23-19-32-26-8-3-2-7-25(23)26/h2-12,17-19,32H,13-16H2,1H3,(H,30,35)(H,31,36)(H,34,37)/b33-18+. The van der Waals surface area contributed by atoms with Gasteiger partial charge in [-0.05, 0) is 60.0 Å². The predicted molar refractivity (Wildman–Crippen MR) is 146 cm³/mol. The maximum atomic E-state index is 12.4. The Labute approximate surface area is 220 Å². The second-order valence-electron chi connectivity index (χ2n) is 8.52. The number of benzene rings is 3. The average molecular weight is 512 g/mol. The van der Waals surface area contributed by atoms with Gasteiger partial charge in [0.15, 0.2) is 0 Å². The monoisotopic (exact) mass is 511 g/mol. The van der Waals surface area contributed by atoms with Crippen LogP contribution in [0.5, 0.6) is 5.75 Å². The molecular weight excluding hydrogens is 482 g/mol. The van der Waals surface area contributed by atoms with E-state index in [0.717, 1.165) is 22.0 Å². The van der Waals surface area contributed by atoms with Gasteiger partial charge in [-0.15, -0.1) is 0 Å². The molecule has 38 heavy (non-hydrogen) atoms. The number of nitrogens with zero attached hydrogens (tertiary/aromatic N) is 1. The van der Waals surface area contributed by atoms with Gasteiger partial charge in [0, 0.05) is 47.7 Å². The molecule has 0 radical (unpaired) electrons. The highest BCUT2D eigenvalue weighted by molar-refractivity contribution is 5.98. The molecule has 0 bridgehead atoms. The highest BCUT2D eigenvalue weighted by Crippen LogP contribution is 2.17. The van der Waals surface area contributed by atoms with Gasteiger partial charge in [-0.2, -0.15) is 5.10 Å². The number of amides is 3. The summed E-state index contributed by atoms with van der Waals surface area (Å²) in [4.78, 5) is 40.1. The molecule has 9 heteroatoms. The Kier molecular flexibility index (Phi) is 8.85. The summed E-state index contributed by atoms with van der Waals surface area (Å²) in [5, 5.41) is 10.7. The van der Waals surface area contributed by atoms with E-state index < -0.39 is 5.91 Å². The molecule has 0 aliphatic carbocycles. The largest absolute Gasteiger partial charge is 0.497 e. The van der Waals surface area contributed by atoms with Gasteiger partial charge in [0.2, 0.25) is 5.91 Å². The molecule has 4 rings (SSSR count). The number of fused-ring (bicyclic) bond motifs is 1. The summed E-state index contributed by atoms with van der Waals surface area (Å²) in [6, 6.07) is 21.5. The van der Waals surface area contributed by atoms with E-state index in [1.165, 1.54) is 6.21 Å². The van der Waals surface area contributed by atoms with Crippen molar-refractivity contribution in [3.8, 4) is 5.75 Å².